The fourth-order valence-electron chi connectivity index (χ4n) is 2.59. The highest BCUT2D eigenvalue weighted by atomic mass is 16.6. The van der Waals surface area contributed by atoms with Gasteiger partial charge in [-0.2, -0.15) is 0 Å². The molecule has 1 aromatic carbocycles. The summed E-state index contributed by atoms with van der Waals surface area (Å²) in [5, 5.41) is 17.2. The molecule has 0 aliphatic heterocycles. The molecule has 27 heavy (non-hydrogen) atoms. The Labute approximate surface area is 157 Å². The van der Waals surface area contributed by atoms with Crippen molar-refractivity contribution in [3.63, 3.8) is 0 Å². The van der Waals surface area contributed by atoms with Crippen molar-refractivity contribution in [2.24, 2.45) is 5.92 Å². The quantitative estimate of drug-likeness (QED) is 0.470. The van der Waals surface area contributed by atoms with E-state index in [2.05, 4.69) is 10.5 Å². The van der Waals surface area contributed by atoms with E-state index in [1.54, 1.807) is 13.8 Å². The zero-order valence-corrected chi connectivity index (χ0v) is 16.0. The van der Waals surface area contributed by atoms with Gasteiger partial charge in [-0.25, -0.2) is 0 Å². The van der Waals surface area contributed by atoms with Crippen molar-refractivity contribution in [3.05, 3.63) is 57.5 Å². The first kappa shape index (κ1) is 20.3. The number of nitro groups is 1. The minimum Gasteiger partial charge on any atom is -0.360 e. The first-order valence-corrected chi connectivity index (χ1v) is 8.57. The molecule has 0 aliphatic rings. The number of hydrogen-bond donors (Lipinski definition) is 1. The zero-order valence-electron chi connectivity index (χ0n) is 16.0. The van der Waals surface area contributed by atoms with Gasteiger partial charge in [0.25, 0.3) is 11.6 Å². The van der Waals surface area contributed by atoms with Crippen LogP contribution in [0.4, 0.5) is 5.69 Å². The fraction of sp³-hybridized carbons (Fsp3) is 0.421. The number of nitrogens with one attached hydrogen (secondary N) is 1. The highest BCUT2D eigenvalue weighted by molar-refractivity contribution is 5.99. The van der Waals surface area contributed by atoms with Crippen LogP contribution < -0.4 is 5.32 Å². The van der Waals surface area contributed by atoms with Crippen LogP contribution in [-0.2, 0) is 5.41 Å². The number of rotatable bonds is 6. The molecule has 0 saturated heterocycles. The van der Waals surface area contributed by atoms with Crippen LogP contribution in [0.5, 0.6) is 0 Å². The number of nitro benzene ring substituents is 1. The summed E-state index contributed by atoms with van der Waals surface area (Å²) in [4.78, 5) is 35.4. The summed E-state index contributed by atoms with van der Waals surface area (Å²) < 4.78 is 5.21. The van der Waals surface area contributed by atoms with Gasteiger partial charge >= 0.3 is 0 Å². The molecule has 0 bridgehead atoms. The van der Waals surface area contributed by atoms with Crippen LogP contribution in [0.1, 0.15) is 61.1 Å². The minimum absolute atomic E-state index is 0.0808. The molecule has 1 N–H and O–H groups in total. The van der Waals surface area contributed by atoms with Crippen molar-refractivity contribution in [3.8, 4) is 0 Å². The van der Waals surface area contributed by atoms with Gasteiger partial charge in [0.15, 0.2) is 11.5 Å². The molecule has 8 heteroatoms. The lowest BCUT2D eigenvalue weighted by Crippen LogP contribution is -2.40. The van der Waals surface area contributed by atoms with Crippen LogP contribution in [0.3, 0.4) is 0 Å². The predicted octanol–water partition coefficient (Wildman–Crippen LogP) is 3.52. The molecule has 2 unspecified atom stereocenters. The second-order valence-corrected chi connectivity index (χ2v) is 7.54. The Balaban J connectivity index is 2.10. The SMILES string of the molecule is CC(NC(=O)c1cnoc1C(C)(C)C)C(C)C(=O)c1ccc([N+](=O)[O-])cc1. The second-order valence-electron chi connectivity index (χ2n) is 7.54. The van der Waals surface area contributed by atoms with E-state index in [4.69, 9.17) is 4.52 Å². The number of carbonyl (C=O) groups excluding carboxylic acids is 2. The van der Waals surface area contributed by atoms with Crippen molar-refractivity contribution in [1.29, 1.82) is 0 Å². The Hall–Kier alpha value is -3.03. The summed E-state index contributed by atoms with van der Waals surface area (Å²) in [6.07, 6.45) is 1.37. The third-order valence-electron chi connectivity index (χ3n) is 4.38. The second kappa shape index (κ2) is 7.69. The summed E-state index contributed by atoms with van der Waals surface area (Å²) in [7, 11) is 0. The van der Waals surface area contributed by atoms with Gasteiger partial charge < -0.3 is 9.84 Å². The molecule has 144 valence electrons. The molecule has 0 aliphatic carbocycles. The maximum atomic E-state index is 12.6. The molecule has 8 nitrogen and oxygen atoms in total. The first-order valence-electron chi connectivity index (χ1n) is 8.57. The number of aromatic nitrogens is 1. The van der Waals surface area contributed by atoms with E-state index in [1.807, 2.05) is 20.8 Å². The van der Waals surface area contributed by atoms with Crippen molar-refractivity contribution in [2.75, 3.05) is 0 Å². The van der Waals surface area contributed by atoms with Gasteiger partial charge in [-0.15, -0.1) is 0 Å². The van der Waals surface area contributed by atoms with Crippen molar-refractivity contribution < 1.29 is 19.0 Å². The Kier molecular flexibility index (Phi) is 5.78. The largest absolute Gasteiger partial charge is 0.360 e. The molecule has 2 atom stereocenters. The smallest absolute Gasteiger partial charge is 0.269 e. The highest BCUT2D eigenvalue weighted by Gasteiger charge is 2.29. The van der Waals surface area contributed by atoms with Crippen LogP contribution in [-0.4, -0.2) is 27.8 Å². The topological polar surface area (TPSA) is 115 Å². The van der Waals surface area contributed by atoms with E-state index in [0.29, 0.717) is 16.9 Å². The van der Waals surface area contributed by atoms with E-state index in [-0.39, 0.29) is 22.8 Å². The van der Waals surface area contributed by atoms with Gasteiger partial charge in [0.2, 0.25) is 0 Å². The summed E-state index contributed by atoms with van der Waals surface area (Å²) >= 11 is 0. The van der Waals surface area contributed by atoms with Crippen molar-refractivity contribution in [2.45, 2.75) is 46.1 Å². The first-order chi connectivity index (χ1) is 12.5. The Morgan fingerprint density at radius 2 is 1.78 bits per heavy atom. The normalized spacial score (nSPS) is 13.7. The predicted molar refractivity (Wildman–Crippen MR) is 98.7 cm³/mol. The number of non-ortho nitro benzene ring substituents is 1. The molecule has 1 heterocycles. The Morgan fingerprint density at radius 3 is 2.30 bits per heavy atom. The molecule has 1 aromatic heterocycles. The molecule has 0 spiro atoms. The Morgan fingerprint density at radius 1 is 1.19 bits per heavy atom. The number of ketones is 1. The summed E-state index contributed by atoms with van der Waals surface area (Å²) in [5.74, 6) is -0.619. The number of hydrogen-bond acceptors (Lipinski definition) is 6. The van der Waals surface area contributed by atoms with E-state index in [0.717, 1.165) is 0 Å². The van der Waals surface area contributed by atoms with Crippen molar-refractivity contribution in [1.82, 2.24) is 10.5 Å². The number of benzene rings is 1. The van der Waals surface area contributed by atoms with E-state index < -0.39 is 16.9 Å². The standard InChI is InChI=1S/C19H23N3O5/c1-11(16(23)13-6-8-14(9-7-13)22(25)26)12(2)21-18(24)15-10-20-27-17(15)19(3,4)5/h6-12H,1-5H3,(H,21,24). The number of nitrogens with zero attached hydrogens (tertiary/aromatic N) is 2. The summed E-state index contributed by atoms with van der Waals surface area (Å²) in [5.41, 5.74) is 0.230. The van der Waals surface area contributed by atoms with Crippen LogP contribution in [0.25, 0.3) is 0 Å². The van der Waals surface area contributed by atoms with E-state index >= 15 is 0 Å². The number of carbonyl (C=O) groups is 2. The fourth-order valence-corrected chi connectivity index (χ4v) is 2.59. The maximum absolute atomic E-state index is 12.6. The average molecular weight is 373 g/mol. The summed E-state index contributed by atoms with van der Waals surface area (Å²) in [6, 6.07) is 4.96. The minimum atomic E-state index is -0.522. The molecular formula is C19H23N3O5. The van der Waals surface area contributed by atoms with Crippen LogP contribution in [0.2, 0.25) is 0 Å². The van der Waals surface area contributed by atoms with Gasteiger partial charge in [-0.05, 0) is 19.1 Å². The van der Waals surface area contributed by atoms with E-state index in [9.17, 15) is 19.7 Å². The number of Topliss-reactive ketones (excluding diaryl/α,β-unsaturated/α-hetero) is 1. The Bertz CT molecular complexity index is 849. The molecule has 2 aromatic rings. The van der Waals surface area contributed by atoms with Crippen LogP contribution in [0, 0.1) is 16.0 Å². The molecule has 1 amide bonds. The molecule has 0 radical (unpaired) electrons. The highest BCUT2D eigenvalue weighted by Crippen LogP contribution is 2.26. The average Bonchev–Trinajstić information content (AvgIpc) is 3.10. The number of amides is 1. The molecular weight excluding hydrogens is 350 g/mol. The zero-order chi connectivity index (χ0) is 20.4. The van der Waals surface area contributed by atoms with E-state index in [1.165, 1.54) is 30.5 Å². The third kappa shape index (κ3) is 4.58. The maximum Gasteiger partial charge on any atom is 0.269 e. The van der Waals surface area contributed by atoms with Gasteiger partial charge in [0.05, 0.1) is 11.1 Å². The van der Waals surface area contributed by atoms with Crippen molar-refractivity contribution >= 4 is 17.4 Å². The third-order valence-corrected chi connectivity index (χ3v) is 4.38. The molecule has 0 saturated carbocycles. The molecule has 2 rings (SSSR count). The lowest BCUT2D eigenvalue weighted by molar-refractivity contribution is -0.384. The van der Waals surface area contributed by atoms with Gasteiger partial charge in [-0.3, -0.25) is 19.7 Å². The van der Waals surface area contributed by atoms with Gasteiger partial charge in [0, 0.05) is 35.1 Å². The lowest BCUT2D eigenvalue weighted by atomic mass is 9.90. The molecule has 0 fully saturated rings. The van der Waals surface area contributed by atoms with Gasteiger partial charge in [-0.1, -0.05) is 32.9 Å². The summed E-state index contributed by atoms with van der Waals surface area (Å²) in [6.45, 7) is 9.17. The lowest BCUT2D eigenvalue weighted by Gasteiger charge is -2.21. The monoisotopic (exact) mass is 373 g/mol. The van der Waals surface area contributed by atoms with Gasteiger partial charge in [0.1, 0.15) is 5.56 Å². The van der Waals surface area contributed by atoms with Crippen LogP contribution in [0.15, 0.2) is 35.0 Å². The van der Waals surface area contributed by atoms with Crippen LogP contribution >= 0.6 is 0 Å².